The number of ether oxygens (including phenoxy) is 1. The van der Waals surface area contributed by atoms with E-state index in [9.17, 15) is 9.59 Å². The van der Waals surface area contributed by atoms with Crippen molar-refractivity contribution >= 4 is 35.1 Å². The minimum absolute atomic E-state index is 0.00918. The third-order valence-electron chi connectivity index (χ3n) is 3.24. The van der Waals surface area contributed by atoms with E-state index >= 15 is 0 Å². The number of carbonyl (C=O) groups excluding carboxylic acids is 2. The molecular formula is C13H14N2O3S. The summed E-state index contributed by atoms with van der Waals surface area (Å²) < 4.78 is 5.24. The normalized spacial score (nSPS) is 21.9. The molecule has 0 spiro atoms. The fourth-order valence-corrected chi connectivity index (χ4v) is 2.97. The van der Waals surface area contributed by atoms with Crippen molar-refractivity contribution in [2.45, 2.75) is 24.3 Å². The van der Waals surface area contributed by atoms with Gasteiger partial charge < -0.3 is 10.1 Å². The number of benzene rings is 1. The Morgan fingerprint density at radius 3 is 3.05 bits per heavy atom. The number of carbonyl (C=O) groups is 2. The van der Waals surface area contributed by atoms with Crippen molar-refractivity contribution in [3.8, 4) is 0 Å². The Labute approximate surface area is 115 Å². The molecule has 6 heteroatoms. The van der Waals surface area contributed by atoms with Crippen LogP contribution in [0, 0.1) is 0 Å². The summed E-state index contributed by atoms with van der Waals surface area (Å²) in [6.07, 6.45) is 0.439. The molecule has 1 atom stereocenters. The highest BCUT2D eigenvalue weighted by atomic mass is 32.2. The predicted molar refractivity (Wildman–Crippen MR) is 73.7 cm³/mol. The molecule has 0 aliphatic carbocycles. The van der Waals surface area contributed by atoms with Gasteiger partial charge in [-0.3, -0.25) is 9.69 Å². The lowest BCUT2D eigenvalue weighted by atomic mass is 10.2. The van der Waals surface area contributed by atoms with Gasteiger partial charge in [0.2, 0.25) is 5.91 Å². The minimum Gasteiger partial charge on any atom is -0.444 e. The summed E-state index contributed by atoms with van der Waals surface area (Å²) in [6, 6.07) is 5.66. The van der Waals surface area contributed by atoms with Crippen LogP contribution in [0.5, 0.6) is 0 Å². The van der Waals surface area contributed by atoms with Crippen LogP contribution >= 0.6 is 11.8 Å². The van der Waals surface area contributed by atoms with E-state index in [-0.39, 0.29) is 18.1 Å². The summed E-state index contributed by atoms with van der Waals surface area (Å²) in [6.45, 7) is 2.56. The van der Waals surface area contributed by atoms with Crippen molar-refractivity contribution < 1.29 is 14.3 Å². The zero-order valence-electron chi connectivity index (χ0n) is 10.5. The molecular weight excluding hydrogens is 264 g/mol. The van der Waals surface area contributed by atoms with Gasteiger partial charge in [-0.25, -0.2) is 4.79 Å². The first-order chi connectivity index (χ1) is 9.17. The van der Waals surface area contributed by atoms with Gasteiger partial charge in [-0.15, -0.1) is 11.8 Å². The average Bonchev–Trinajstić information content (AvgIpc) is 2.79. The number of hydrogen-bond acceptors (Lipinski definition) is 4. The maximum absolute atomic E-state index is 11.8. The summed E-state index contributed by atoms with van der Waals surface area (Å²) in [4.78, 5) is 25.8. The molecule has 2 aliphatic heterocycles. The summed E-state index contributed by atoms with van der Waals surface area (Å²) in [5.41, 5.74) is 1.54. The van der Waals surface area contributed by atoms with Crippen LogP contribution in [0.4, 0.5) is 16.2 Å². The van der Waals surface area contributed by atoms with E-state index in [2.05, 4.69) is 5.32 Å². The zero-order valence-corrected chi connectivity index (χ0v) is 11.3. The lowest BCUT2D eigenvalue weighted by Gasteiger charge is -2.19. The molecule has 1 saturated heterocycles. The quantitative estimate of drug-likeness (QED) is 0.903. The highest BCUT2D eigenvalue weighted by Gasteiger charge is 2.31. The van der Waals surface area contributed by atoms with E-state index < -0.39 is 0 Å². The van der Waals surface area contributed by atoms with E-state index in [1.165, 1.54) is 11.8 Å². The number of fused-ring (bicyclic) bond motifs is 1. The molecule has 0 bridgehead atoms. The van der Waals surface area contributed by atoms with Crippen LogP contribution in [0.2, 0.25) is 0 Å². The lowest BCUT2D eigenvalue weighted by Crippen LogP contribution is -2.25. The van der Waals surface area contributed by atoms with E-state index in [4.69, 9.17) is 4.74 Å². The van der Waals surface area contributed by atoms with E-state index in [1.54, 1.807) is 4.90 Å². The molecule has 0 radical (unpaired) electrons. The van der Waals surface area contributed by atoms with Crippen LogP contribution in [0.25, 0.3) is 0 Å². The van der Waals surface area contributed by atoms with Crippen LogP contribution in [0.15, 0.2) is 23.1 Å². The molecule has 0 aromatic heterocycles. The molecule has 5 nitrogen and oxygen atoms in total. The van der Waals surface area contributed by atoms with Crippen molar-refractivity contribution in [3.05, 3.63) is 18.2 Å². The van der Waals surface area contributed by atoms with Crippen LogP contribution in [0.3, 0.4) is 0 Å². The van der Waals surface area contributed by atoms with Crippen LogP contribution < -0.4 is 10.2 Å². The Morgan fingerprint density at radius 1 is 1.47 bits per heavy atom. The highest BCUT2D eigenvalue weighted by Crippen LogP contribution is 2.35. The SMILES string of the molecule is CC[C@H]1CN(c2ccc3c(c2)NC(=O)CS3)C(=O)O1. The molecule has 1 N–H and O–H groups in total. The van der Waals surface area contributed by atoms with Crippen LogP contribution in [0.1, 0.15) is 13.3 Å². The predicted octanol–water partition coefficient (Wildman–Crippen LogP) is 2.47. The van der Waals surface area contributed by atoms with Crippen LogP contribution in [-0.4, -0.2) is 30.4 Å². The molecule has 2 amide bonds. The third kappa shape index (κ3) is 2.28. The molecule has 1 aromatic carbocycles. The Bertz CT molecular complexity index is 547. The molecule has 1 aromatic rings. The van der Waals surface area contributed by atoms with Crippen molar-refractivity contribution in [1.82, 2.24) is 0 Å². The minimum atomic E-state index is -0.318. The molecule has 0 unspecified atom stereocenters. The topological polar surface area (TPSA) is 58.6 Å². The maximum Gasteiger partial charge on any atom is 0.414 e. The molecule has 100 valence electrons. The van der Waals surface area contributed by atoms with E-state index in [0.29, 0.717) is 12.3 Å². The van der Waals surface area contributed by atoms with Gasteiger partial charge in [-0.05, 0) is 24.6 Å². The van der Waals surface area contributed by atoms with Gasteiger partial charge in [0.15, 0.2) is 0 Å². The number of thioether (sulfide) groups is 1. The Morgan fingerprint density at radius 2 is 2.32 bits per heavy atom. The monoisotopic (exact) mass is 278 g/mol. The first kappa shape index (κ1) is 12.3. The Kier molecular flexibility index (Phi) is 3.10. The molecule has 3 rings (SSSR count). The fourth-order valence-electron chi connectivity index (χ4n) is 2.18. The van der Waals surface area contributed by atoms with Crippen molar-refractivity contribution in [2.24, 2.45) is 0 Å². The molecule has 19 heavy (non-hydrogen) atoms. The first-order valence-electron chi connectivity index (χ1n) is 6.22. The summed E-state index contributed by atoms with van der Waals surface area (Å²) in [7, 11) is 0. The second-order valence-electron chi connectivity index (χ2n) is 4.54. The van der Waals surface area contributed by atoms with Crippen molar-refractivity contribution in [1.29, 1.82) is 0 Å². The van der Waals surface area contributed by atoms with Gasteiger partial charge in [-0.1, -0.05) is 6.92 Å². The van der Waals surface area contributed by atoms with E-state index in [1.807, 2.05) is 25.1 Å². The zero-order chi connectivity index (χ0) is 13.4. The van der Waals surface area contributed by atoms with Crippen molar-refractivity contribution in [3.63, 3.8) is 0 Å². The second kappa shape index (κ2) is 4.77. The number of anilines is 2. The van der Waals surface area contributed by atoms with Crippen molar-refractivity contribution in [2.75, 3.05) is 22.5 Å². The maximum atomic E-state index is 11.8. The number of rotatable bonds is 2. The Hall–Kier alpha value is -1.69. The van der Waals surface area contributed by atoms with Crippen LogP contribution in [-0.2, 0) is 9.53 Å². The van der Waals surface area contributed by atoms with Gasteiger partial charge in [0.1, 0.15) is 6.10 Å². The van der Waals surface area contributed by atoms with Gasteiger partial charge in [0.05, 0.1) is 18.0 Å². The number of cyclic esters (lactones) is 1. The van der Waals surface area contributed by atoms with E-state index in [0.717, 1.165) is 22.7 Å². The average molecular weight is 278 g/mol. The molecule has 2 aliphatic rings. The fraction of sp³-hybridized carbons (Fsp3) is 0.385. The largest absolute Gasteiger partial charge is 0.444 e. The van der Waals surface area contributed by atoms with Gasteiger partial charge in [0, 0.05) is 10.6 Å². The standard InChI is InChI=1S/C13H14N2O3S/c1-2-9-6-15(13(17)18-9)8-3-4-11-10(5-8)14-12(16)7-19-11/h3-5,9H,2,6-7H2,1H3,(H,14,16)/t9-/m0/s1. The van der Waals surface area contributed by atoms with Gasteiger partial charge >= 0.3 is 6.09 Å². The summed E-state index contributed by atoms with van der Waals surface area (Å²) in [5, 5.41) is 2.83. The smallest absolute Gasteiger partial charge is 0.414 e. The number of amides is 2. The lowest BCUT2D eigenvalue weighted by molar-refractivity contribution is -0.113. The number of hydrogen-bond donors (Lipinski definition) is 1. The number of nitrogens with one attached hydrogen (secondary N) is 1. The molecule has 0 saturated carbocycles. The second-order valence-corrected chi connectivity index (χ2v) is 5.56. The summed E-state index contributed by atoms with van der Waals surface area (Å²) in [5.74, 6) is 0.431. The number of nitrogens with zero attached hydrogens (tertiary/aromatic N) is 1. The Balaban J connectivity index is 1.88. The molecule has 2 heterocycles. The summed E-state index contributed by atoms with van der Waals surface area (Å²) >= 11 is 1.51. The molecule has 1 fully saturated rings. The van der Waals surface area contributed by atoms with Gasteiger partial charge in [0.25, 0.3) is 0 Å². The van der Waals surface area contributed by atoms with Gasteiger partial charge in [-0.2, -0.15) is 0 Å². The third-order valence-corrected chi connectivity index (χ3v) is 4.31. The highest BCUT2D eigenvalue weighted by molar-refractivity contribution is 8.00. The first-order valence-corrected chi connectivity index (χ1v) is 7.21.